The maximum atomic E-state index is 14.3. The van der Waals surface area contributed by atoms with Crippen LogP contribution in [0.5, 0.6) is 0 Å². The number of anilines is 1. The molecule has 0 fully saturated rings. The molecule has 0 saturated heterocycles. The number of aromatic carboxylic acids is 1. The van der Waals surface area contributed by atoms with E-state index in [9.17, 15) is 23.9 Å². The molecule has 0 radical (unpaired) electrons. The highest BCUT2D eigenvalue weighted by molar-refractivity contribution is 7.19. The Bertz CT molecular complexity index is 934. The van der Waals surface area contributed by atoms with E-state index >= 15 is 0 Å². The predicted octanol–water partition coefficient (Wildman–Crippen LogP) is 3.70. The van der Waals surface area contributed by atoms with Crippen molar-refractivity contribution < 1.29 is 28.6 Å². The fraction of sp³-hybridized carbons (Fsp3) is 0.333. The van der Waals surface area contributed by atoms with Crippen LogP contribution in [-0.4, -0.2) is 52.7 Å². The van der Waals surface area contributed by atoms with Crippen LogP contribution < -0.4 is 5.32 Å². The summed E-state index contributed by atoms with van der Waals surface area (Å²) in [5, 5.41) is 11.6. The maximum absolute atomic E-state index is 14.3. The van der Waals surface area contributed by atoms with E-state index in [1.807, 2.05) is 0 Å². The molecule has 0 bridgehead atoms. The Morgan fingerprint density at radius 3 is 2.43 bits per heavy atom. The van der Waals surface area contributed by atoms with Crippen molar-refractivity contribution in [1.29, 1.82) is 0 Å². The van der Waals surface area contributed by atoms with E-state index in [1.165, 1.54) is 17.0 Å². The Labute approximate surface area is 165 Å². The van der Waals surface area contributed by atoms with Crippen molar-refractivity contribution in [3.63, 3.8) is 0 Å². The van der Waals surface area contributed by atoms with Gasteiger partial charge in [0.2, 0.25) is 0 Å². The first kappa shape index (κ1) is 21.3. The van der Waals surface area contributed by atoms with E-state index < -0.39 is 29.2 Å². The van der Waals surface area contributed by atoms with E-state index in [0.29, 0.717) is 0 Å². The van der Waals surface area contributed by atoms with Crippen molar-refractivity contribution in [3.8, 4) is 10.6 Å². The van der Waals surface area contributed by atoms with Crippen molar-refractivity contribution in [2.24, 2.45) is 0 Å². The number of benzene rings is 1. The summed E-state index contributed by atoms with van der Waals surface area (Å²) >= 11 is 0.769. The van der Waals surface area contributed by atoms with Gasteiger partial charge in [0.25, 0.3) is 5.91 Å². The van der Waals surface area contributed by atoms with Crippen LogP contribution >= 0.6 is 11.3 Å². The average Bonchev–Trinajstić information content (AvgIpc) is 2.96. The third-order valence-electron chi connectivity index (χ3n) is 3.29. The zero-order valence-electron chi connectivity index (χ0n) is 16.0. The van der Waals surface area contributed by atoms with Gasteiger partial charge in [0, 0.05) is 25.2 Å². The Balaban J connectivity index is 2.45. The van der Waals surface area contributed by atoms with Crippen LogP contribution in [0.15, 0.2) is 18.2 Å². The van der Waals surface area contributed by atoms with Gasteiger partial charge >= 0.3 is 12.1 Å². The number of halogens is 1. The second kappa shape index (κ2) is 7.93. The highest BCUT2D eigenvalue weighted by atomic mass is 32.1. The molecule has 0 atom stereocenters. The van der Waals surface area contributed by atoms with Crippen molar-refractivity contribution in [3.05, 3.63) is 35.3 Å². The normalized spacial score (nSPS) is 11.1. The standard InChI is InChI=1S/C18H20FN3O5S/c1-18(2,3)27-17(26)21-14-12(16(24)25)20-13(28-14)10-8-9(6-7-11(10)19)15(23)22(4)5/h6-8H,1-5H3,(H,21,26)(H,24,25). The van der Waals surface area contributed by atoms with E-state index in [4.69, 9.17) is 4.74 Å². The van der Waals surface area contributed by atoms with E-state index in [0.717, 1.165) is 17.4 Å². The van der Waals surface area contributed by atoms with Crippen LogP contribution in [0.4, 0.5) is 14.2 Å². The Morgan fingerprint density at radius 1 is 1.25 bits per heavy atom. The highest BCUT2D eigenvalue weighted by Gasteiger charge is 2.24. The molecule has 1 aromatic carbocycles. The number of nitrogens with zero attached hydrogens (tertiary/aromatic N) is 2. The van der Waals surface area contributed by atoms with Crippen LogP contribution in [0.3, 0.4) is 0 Å². The molecule has 1 heterocycles. The van der Waals surface area contributed by atoms with E-state index in [1.54, 1.807) is 34.9 Å². The smallest absolute Gasteiger partial charge is 0.412 e. The van der Waals surface area contributed by atoms with Gasteiger partial charge in [-0.1, -0.05) is 11.3 Å². The molecule has 0 aliphatic carbocycles. The molecule has 150 valence electrons. The second-order valence-corrected chi connectivity index (χ2v) is 8.02. The van der Waals surface area contributed by atoms with Crippen LogP contribution in [0.2, 0.25) is 0 Å². The summed E-state index contributed by atoms with van der Waals surface area (Å²) in [5.74, 6) is -2.41. The molecule has 0 aliphatic heterocycles. The van der Waals surface area contributed by atoms with Gasteiger partial charge in [-0.05, 0) is 39.0 Å². The Morgan fingerprint density at radius 2 is 1.89 bits per heavy atom. The molecule has 2 rings (SSSR count). The van der Waals surface area contributed by atoms with Gasteiger partial charge in [0.1, 0.15) is 21.4 Å². The fourth-order valence-electron chi connectivity index (χ4n) is 2.14. The van der Waals surface area contributed by atoms with Gasteiger partial charge in [-0.25, -0.2) is 19.0 Å². The summed E-state index contributed by atoms with van der Waals surface area (Å²) in [6, 6.07) is 3.72. The number of aromatic nitrogens is 1. The topological polar surface area (TPSA) is 109 Å². The molecule has 0 unspecified atom stereocenters. The first-order valence-electron chi connectivity index (χ1n) is 8.14. The van der Waals surface area contributed by atoms with Crippen LogP contribution in [0.25, 0.3) is 10.6 Å². The molecule has 0 spiro atoms. The molecular formula is C18H20FN3O5S. The maximum Gasteiger partial charge on any atom is 0.412 e. The number of thiazole rings is 1. The molecule has 1 aromatic heterocycles. The molecule has 8 nitrogen and oxygen atoms in total. The SMILES string of the molecule is CN(C)C(=O)c1ccc(F)c(-c2nc(C(=O)O)c(NC(=O)OC(C)(C)C)s2)c1. The molecule has 2 aromatic rings. The number of amides is 2. The third kappa shape index (κ3) is 5.03. The van der Waals surface area contributed by atoms with Crippen LogP contribution in [-0.2, 0) is 4.74 Å². The van der Waals surface area contributed by atoms with Gasteiger partial charge in [-0.2, -0.15) is 0 Å². The summed E-state index contributed by atoms with van der Waals surface area (Å²) in [6.07, 6.45) is -0.859. The molecule has 10 heteroatoms. The van der Waals surface area contributed by atoms with E-state index in [2.05, 4.69) is 10.3 Å². The van der Waals surface area contributed by atoms with Crippen molar-refractivity contribution in [2.75, 3.05) is 19.4 Å². The number of rotatable bonds is 4. The lowest BCUT2D eigenvalue weighted by Crippen LogP contribution is -2.27. The van der Waals surface area contributed by atoms with Crippen molar-refractivity contribution >= 4 is 34.3 Å². The summed E-state index contributed by atoms with van der Waals surface area (Å²) in [5.41, 5.74) is -1.06. The Kier molecular flexibility index (Phi) is 6.03. The number of carbonyl (C=O) groups is 3. The molecule has 28 heavy (non-hydrogen) atoms. The Hall–Kier alpha value is -3.01. The summed E-state index contributed by atoms with van der Waals surface area (Å²) < 4.78 is 19.4. The quantitative estimate of drug-likeness (QED) is 0.797. The first-order valence-corrected chi connectivity index (χ1v) is 8.96. The fourth-order valence-corrected chi connectivity index (χ4v) is 3.10. The minimum atomic E-state index is -1.39. The molecule has 2 N–H and O–H groups in total. The van der Waals surface area contributed by atoms with Crippen molar-refractivity contribution in [2.45, 2.75) is 26.4 Å². The van der Waals surface area contributed by atoms with Gasteiger partial charge < -0.3 is 14.7 Å². The monoisotopic (exact) mass is 409 g/mol. The lowest BCUT2D eigenvalue weighted by molar-refractivity contribution is 0.0636. The number of carbonyl (C=O) groups excluding carboxylic acids is 2. The van der Waals surface area contributed by atoms with Gasteiger partial charge in [0.05, 0.1) is 0 Å². The lowest BCUT2D eigenvalue weighted by atomic mass is 10.1. The predicted molar refractivity (Wildman–Crippen MR) is 102 cm³/mol. The average molecular weight is 409 g/mol. The number of ether oxygens (including phenoxy) is 1. The highest BCUT2D eigenvalue weighted by Crippen LogP contribution is 2.34. The lowest BCUT2D eigenvalue weighted by Gasteiger charge is -2.19. The summed E-state index contributed by atoms with van der Waals surface area (Å²) in [7, 11) is 3.11. The summed E-state index contributed by atoms with van der Waals surface area (Å²) in [4.78, 5) is 40.8. The minimum absolute atomic E-state index is 0.00867. The second-order valence-electron chi connectivity index (χ2n) is 7.02. The van der Waals surface area contributed by atoms with Gasteiger partial charge in [0.15, 0.2) is 5.69 Å². The number of carboxylic acids is 1. The number of carboxylic acid groups (broad SMARTS) is 1. The number of hydrogen-bond acceptors (Lipinski definition) is 6. The molecule has 0 aliphatic rings. The third-order valence-corrected chi connectivity index (χ3v) is 4.30. The molecular weight excluding hydrogens is 389 g/mol. The number of nitrogens with one attached hydrogen (secondary N) is 1. The van der Waals surface area contributed by atoms with Crippen LogP contribution in [0, 0.1) is 5.82 Å². The van der Waals surface area contributed by atoms with Gasteiger partial charge in [-0.3, -0.25) is 10.1 Å². The van der Waals surface area contributed by atoms with Crippen molar-refractivity contribution in [1.82, 2.24) is 9.88 Å². The van der Waals surface area contributed by atoms with Gasteiger partial charge in [-0.15, -0.1) is 0 Å². The molecule has 0 saturated carbocycles. The van der Waals surface area contributed by atoms with E-state index in [-0.39, 0.29) is 27.0 Å². The minimum Gasteiger partial charge on any atom is -0.476 e. The molecule has 2 amide bonds. The zero-order chi connectivity index (χ0) is 21.2. The number of hydrogen-bond donors (Lipinski definition) is 2. The summed E-state index contributed by atoms with van der Waals surface area (Å²) in [6.45, 7) is 4.97. The zero-order valence-corrected chi connectivity index (χ0v) is 16.8. The van der Waals surface area contributed by atoms with Crippen LogP contribution in [0.1, 0.15) is 41.6 Å². The largest absolute Gasteiger partial charge is 0.476 e. The first-order chi connectivity index (χ1) is 12.9.